The Morgan fingerprint density at radius 3 is 1.34 bits per heavy atom. The van der Waals surface area contributed by atoms with Crippen LogP contribution in [0.25, 0.3) is 89.1 Å². The van der Waals surface area contributed by atoms with E-state index in [9.17, 15) is 0 Å². The minimum atomic E-state index is 0.652. The third-order valence-electron chi connectivity index (χ3n) is 9.33. The molecule has 50 heavy (non-hydrogen) atoms. The lowest BCUT2D eigenvalue weighted by atomic mass is 9.90. The summed E-state index contributed by atoms with van der Waals surface area (Å²) in [5.74, 6) is 1.97. The molecule has 0 amide bonds. The summed E-state index contributed by atoms with van der Waals surface area (Å²) in [7, 11) is 0. The summed E-state index contributed by atoms with van der Waals surface area (Å²) in [6, 6.07) is 66.0. The molecule has 0 radical (unpaired) electrons. The van der Waals surface area contributed by atoms with Crippen molar-refractivity contribution in [1.82, 2.24) is 15.0 Å². The Morgan fingerprint density at radius 1 is 0.240 bits per heavy atom. The van der Waals surface area contributed by atoms with Crippen molar-refractivity contribution in [3.05, 3.63) is 188 Å². The molecule has 8 aromatic carbocycles. The molecule has 234 valence electrons. The number of rotatable bonds is 6. The molecule has 0 aliphatic rings. The molecule has 0 saturated heterocycles. The van der Waals surface area contributed by atoms with E-state index in [1.807, 2.05) is 60.7 Å². The maximum atomic E-state index is 4.89. The van der Waals surface area contributed by atoms with Crippen LogP contribution in [-0.2, 0) is 0 Å². The van der Waals surface area contributed by atoms with Crippen LogP contribution >= 0.6 is 0 Å². The fraction of sp³-hybridized carbons (Fsp3) is 0. The van der Waals surface area contributed by atoms with Gasteiger partial charge in [-0.25, -0.2) is 15.0 Å². The van der Waals surface area contributed by atoms with Crippen LogP contribution in [0.15, 0.2) is 188 Å². The molecule has 0 aliphatic carbocycles. The molecule has 0 bridgehead atoms. The average Bonchev–Trinajstić information content (AvgIpc) is 3.21. The Labute approximate surface area is 291 Å². The smallest absolute Gasteiger partial charge is 0.164 e. The van der Waals surface area contributed by atoms with Gasteiger partial charge in [-0.1, -0.05) is 176 Å². The molecular weight excluding hydrogens is 607 g/mol. The average molecular weight is 638 g/mol. The van der Waals surface area contributed by atoms with E-state index in [0.29, 0.717) is 17.5 Å². The molecule has 0 saturated carbocycles. The zero-order valence-corrected chi connectivity index (χ0v) is 27.2. The normalized spacial score (nSPS) is 11.2. The van der Waals surface area contributed by atoms with Crippen molar-refractivity contribution in [2.75, 3.05) is 0 Å². The van der Waals surface area contributed by atoms with Crippen LogP contribution in [0, 0.1) is 0 Å². The lowest BCUT2D eigenvalue weighted by Gasteiger charge is -2.14. The molecule has 3 heteroatoms. The fourth-order valence-electron chi connectivity index (χ4n) is 6.77. The first-order valence-electron chi connectivity index (χ1n) is 16.9. The van der Waals surface area contributed by atoms with Crippen LogP contribution < -0.4 is 0 Å². The van der Waals surface area contributed by atoms with Crippen LogP contribution in [0.2, 0.25) is 0 Å². The highest BCUT2D eigenvalue weighted by Gasteiger charge is 2.14. The number of benzene rings is 8. The number of hydrogen-bond donors (Lipinski definition) is 0. The number of aromatic nitrogens is 3. The topological polar surface area (TPSA) is 38.7 Å². The Hall–Kier alpha value is -6.71. The van der Waals surface area contributed by atoms with Crippen molar-refractivity contribution in [1.29, 1.82) is 0 Å². The van der Waals surface area contributed by atoms with E-state index in [-0.39, 0.29) is 0 Å². The quantitative estimate of drug-likeness (QED) is 0.182. The van der Waals surface area contributed by atoms with E-state index < -0.39 is 0 Å². The number of hydrogen-bond acceptors (Lipinski definition) is 3. The summed E-state index contributed by atoms with van der Waals surface area (Å²) in [5, 5.41) is 4.93. The molecule has 0 atom stereocenters. The Balaban J connectivity index is 1.04. The highest BCUT2D eigenvalue weighted by atomic mass is 15.0. The van der Waals surface area contributed by atoms with Crippen LogP contribution in [0.3, 0.4) is 0 Å². The predicted octanol–water partition coefficient (Wildman–Crippen LogP) is 12.2. The second-order valence-corrected chi connectivity index (χ2v) is 12.5. The highest BCUT2D eigenvalue weighted by Crippen LogP contribution is 2.38. The van der Waals surface area contributed by atoms with Gasteiger partial charge in [0, 0.05) is 16.7 Å². The van der Waals surface area contributed by atoms with Crippen LogP contribution in [0.1, 0.15) is 0 Å². The first-order valence-corrected chi connectivity index (χ1v) is 16.9. The minimum absolute atomic E-state index is 0.652. The van der Waals surface area contributed by atoms with Gasteiger partial charge in [-0.15, -0.1) is 0 Å². The molecule has 0 aliphatic heterocycles. The Bertz CT molecular complexity index is 2570. The fourth-order valence-corrected chi connectivity index (χ4v) is 6.77. The molecular formula is C47H31N3. The van der Waals surface area contributed by atoms with Gasteiger partial charge >= 0.3 is 0 Å². The molecule has 0 N–H and O–H groups in total. The summed E-state index contributed by atoms with van der Waals surface area (Å²) in [6.45, 7) is 0. The molecule has 1 heterocycles. The molecule has 1 aromatic heterocycles. The molecule has 9 aromatic rings. The van der Waals surface area contributed by atoms with Crippen molar-refractivity contribution in [2.24, 2.45) is 0 Å². The summed E-state index contributed by atoms with van der Waals surface area (Å²) in [6.07, 6.45) is 0. The predicted molar refractivity (Wildman–Crippen MR) is 207 cm³/mol. The van der Waals surface area contributed by atoms with E-state index in [1.165, 1.54) is 49.4 Å². The third-order valence-corrected chi connectivity index (χ3v) is 9.33. The van der Waals surface area contributed by atoms with E-state index in [0.717, 1.165) is 22.3 Å². The molecule has 9 rings (SSSR count). The van der Waals surface area contributed by atoms with Gasteiger partial charge in [-0.05, 0) is 67.1 Å². The van der Waals surface area contributed by atoms with Crippen LogP contribution in [-0.4, -0.2) is 15.0 Å². The highest BCUT2D eigenvalue weighted by molar-refractivity contribution is 6.01. The van der Waals surface area contributed by atoms with Crippen LogP contribution in [0.4, 0.5) is 0 Å². The third kappa shape index (κ3) is 5.61. The lowest BCUT2D eigenvalue weighted by molar-refractivity contribution is 1.07. The van der Waals surface area contributed by atoms with Crippen molar-refractivity contribution in [2.45, 2.75) is 0 Å². The van der Waals surface area contributed by atoms with E-state index >= 15 is 0 Å². The van der Waals surface area contributed by atoms with Gasteiger partial charge in [-0.2, -0.15) is 0 Å². The number of fused-ring (bicyclic) bond motifs is 2. The van der Waals surface area contributed by atoms with Crippen molar-refractivity contribution in [3.63, 3.8) is 0 Å². The SMILES string of the molecule is c1ccc(-c2nc(-c3ccccc3)nc(-c3ccc(-c4ccc5cc(-c6ccccc6-c6cccc7ccccc67)ccc5c4)cc3)n2)cc1. The van der Waals surface area contributed by atoms with E-state index in [2.05, 4.69) is 127 Å². The molecule has 0 fully saturated rings. The summed E-state index contributed by atoms with van der Waals surface area (Å²) < 4.78 is 0. The second-order valence-electron chi connectivity index (χ2n) is 12.5. The van der Waals surface area contributed by atoms with Crippen LogP contribution in [0.5, 0.6) is 0 Å². The van der Waals surface area contributed by atoms with Gasteiger partial charge in [0.05, 0.1) is 0 Å². The van der Waals surface area contributed by atoms with Gasteiger partial charge in [-0.3, -0.25) is 0 Å². The lowest BCUT2D eigenvalue weighted by Crippen LogP contribution is -2.00. The second kappa shape index (κ2) is 12.7. The molecule has 0 spiro atoms. The van der Waals surface area contributed by atoms with E-state index in [4.69, 9.17) is 15.0 Å². The van der Waals surface area contributed by atoms with Gasteiger partial charge < -0.3 is 0 Å². The Kier molecular flexibility index (Phi) is 7.49. The maximum Gasteiger partial charge on any atom is 0.164 e. The maximum absolute atomic E-state index is 4.89. The zero-order chi connectivity index (χ0) is 33.3. The summed E-state index contributed by atoms with van der Waals surface area (Å²) >= 11 is 0. The first-order chi connectivity index (χ1) is 24.8. The minimum Gasteiger partial charge on any atom is -0.208 e. The van der Waals surface area contributed by atoms with Gasteiger partial charge in [0.25, 0.3) is 0 Å². The van der Waals surface area contributed by atoms with E-state index in [1.54, 1.807) is 0 Å². The number of nitrogens with zero attached hydrogens (tertiary/aromatic N) is 3. The van der Waals surface area contributed by atoms with Gasteiger partial charge in [0.1, 0.15) is 0 Å². The monoisotopic (exact) mass is 637 g/mol. The van der Waals surface area contributed by atoms with Crippen molar-refractivity contribution >= 4 is 21.5 Å². The zero-order valence-electron chi connectivity index (χ0n) is 27.2. The van der Waals surface area contributed by atoms with Gasteiger partial charge in [0.15, 0.2) is 17.5 Å². The molecule has 0 unspecified atom stereocenters. The summed E-state index contributed by atoms with van der Waals surface area (Å²) in [4.78, 5) is 14.6. The first kappa shape index (κ1) is 29.4. The summed E-state index contributed by atoms with van der Waals surface area (Å²) in [5.41, 5.74) is 10.1. The van der Waals surface area contributed by atoms with Crippen molar-refractivity contribution in [3.8, 4) is 67.5 Å². The van der Waals surface area contributed by atoms with Crippen molar-refractivity contribution < 1.29 is 0 Å². The van der Waals surface area contributed by atoms with Gasteiger partial charge in [0.2, 0.25) is 0 Å². The molecule has 3 nitrogen and oxygen atoms in total. The Morgan fingerprint density at radius 2 is 0.680 bits per heavy atom. The standard InChI is InChI=1S/C47H31N3/c1-3-13-34(14-4-1)45-48-46(35-15-5-2-6-16-35)50-47(49-45)36-24-22-32(23-25-36)37-26-27-39-31-40(29-28-38(39)30-37)42-19-9-10-20-43(42)44-21-11-17-33-12-7-8-18-41(33)44/h1-31H. The largest absolute Gasteiger partial charge is 0.208 e.